The lowest BCUT2D eigenvalue weighted by atomic mass is 10.3. The second-order valence-corrected chi connectivity index (χ2v) is 4.48. The van der Waals surface area contributed by atoms with Gasteiger partial charge in [-0.15, -0.1) is 0 Å². The van der Waals surface area contributed by atoms with Crippen LogP contribution in [0, 0.1) is 0 Å². The lowest BCUT2D eigenvalue weighted by molar-refractivity contribution is -0.146. The fraction of sp³-hybridized carbons (Fsp3) is 0.786. The van der Waals surface area contributed by atoms with Gasteiger partial charge in [0.1, 0.15) is 19.8 Å². The van der Waals surface area contributed by atoms with Crippen LogP contribution in [0.3, 0.4) is 0 Å². The molecule has 0 aromatic rings. The molecule has 0 saturated carbocycles. The molecule has 0 saturated heterocycles. The van der Waals surface area contributed by atoms with E-state index in [1.54, 1.807) is 0 Å². The van der Waals surface area contributed by atoms with Crippen LogP contribution in [0.15, 0.2) is 0 Å². The third-order valence-electron chi connectivity index (χ3n) is 2.61. The Morgan fingerprint density at radius 2 is 1.29 bits per heavy atom. The summed E-state index contributed by atoms with van der Waals surface area (Å²) < 4.78 is 19.5. The van der Waals surface area contributed by atoms with E-state index in [9.17, 15) is 14.4 Å². The van der Waals surface area contributed by atoms with Gasteiger partial charge >= 0.3 is 17.9 Å². The highest BCUT2D eigenvalue weighted by Gasteiger charge is 2.10. The first kappa shape index (κ1) is 24.5. The van der Waals surface area contributed by atoms with E-state index in [0.717, 1.165) is 0 Å². The van der Waals surface area contributed by atoms with Crippen molar-refractivity contribution in [3.05, 3.63) is 0 Å². The fourth-order valence-corrected chi connectivity index (χ4v) is 1.53. The minimum Gasteiger partial charge on any atom is -0.465 e. The summed E-state index contributed by atoms with van der Waals surface area (Å²) in [5.41, 5.74) is 0. The van der Waals surface area contributed by atoms with E-state index in [-0.39, 0.29) is 44.1 Å². The molecule has 0 bridgehead atoms. The number of esters is 3. The van der Waals surface area contributed by atoms with Crippen molar-refractivity contribution in [2.45, 2.75) is 20.3 Å². The molecular weight excluding hydrogens is 322 g/mol. The van der Waals surface area contributed by atoms with Crippen LogP contribution in [0.4, 0.5) is 0 Å². The van der Waals surface area contributed by atoms with Crippen LogP contribution >= 0.6 is 0 Å². The molecule has 0 radical (unpaired) electrons. The van der Waals surface area contributed by atoms with Crippen LogP contribution in [0.25, 0.3) is 0 Å². The minimum atomic E-state index is -0.362. The molecule has 24 heavy (non-hydrogen) atoms. The number of rotatable bonds is 12. The van der Waals surface area contributed by atoms with Gasteiger partial charge in [0, 0.05) is 40.6 Å². The Bertz CT molecular complexity index is 333. The molecule has 0 aliphatic heterocycles. The molecule has 0 amide bonds. The Labute approximate surface area is 142 Å². The number of methoxy groups -OCH3 is 1. The summed E-state index contributed by atoms with van der Waals surface area (Å²) in [6.45, 7) is 4.99. The summed E-state index contributed by atoms with van der Waals surface area (Å²) >= 11 is 0. The van der Waals surface area contributed by atoms with E-state index in [1.807, 2.05) is 4.90 Å². The van der Waals surface area contributed by atoms with Crippen LogP contribution in [0.1, 0.15) is 20.3 Å². The number of nitrogens with zero attached hydrogens (tertiary/aromatic N) is 1. The lowest BCUT2D eigenvalue weighted by Crippen LogP contribution is -2.34. The summed E-state index contributed by atoms with van der Waals surface area (Å²) in [5, 5.41) is 0. The molecule has 0 aliphatic carbocycles. The molecule has 0 spiro atoms. The van der Waals surface area contributed by atoms with Gasteiger partial charge in [0.2, 0.25) is 0 Å². The number of ether oxygens (including phenoxy) is 4. The number of hydrogen-bond donors (Lipinski definition) is 2. The lowest BCUT2D eigenvalue weighted by Gasteiger charge is -2.21. The van der Waals surface area contributed by atoms with Crippen molar-refractivity contribution in [3.8, 4) is 0 Å². The van der Waals surface area contributed by atoms with Gasteiger partial charge in [0.15, 0.2) is 0 Å². The zero-order valence-corrected chi connectivity index (χ0v) is 14.6. The van der Waals surface area contributed by atoms with Crippen molar-refractivity contribution in [1.29, 1.82) is 0 Å². The monoisotopic (exact) mass is 351 g/mol. The largest absolute Gasteiger partial charge is 0.465 e. The minimum absolute atomic E-state index is 0.198. The van der Waals surface area contributed by atoms with Gasteiger partial charge in [0.25, 0.3) is 0 Å². The standard InChI is InChI=1S/C14H25NO7.H4N2/c1-12(16)20-8-6-15(7-9-21-13(2)17)5-4-14(18)22-11-10-19-3;1-2/h4-11H2,1-3H3;1-2H2. The number of hydrogen-bond acceptors (Lipinski definition) is 10. The van der Waals surface area contributed by atoms with Crippen molar-refractivity contribution < 1.29 is 33.3 Å². The molecule has 0 rings (SSSR count). The molecule has 0 fully saturated rings. The second-order valence-electron chi connectivity index (χ2n) is 4.48. The first-order valence-corrected chi connectivity index (χ1v) is 7.42. The smallest absolute Gasteiger partial charge is 0.307 e. The van der Waals surface area contributed by atoms with E-state index in [4.69, 9.17) is 18.9 Å². The molecule has 0 aromatic carbocycles. The van der Waals surface area contributed by atoms with Crippen LogP contribution in [0.2, 0.25) is 0 Å². The van der Waals surface area contributed by atoms with E-state index in [0.29, 0.717) is 26.2 Å². The second kappa shape index (κ2) is 17.6. The Balaban J connectivity index is 0. The quantitative estimate of drug-likeness (QED) is 0.145. The Morgan fingerprint density at radius 1 is 0.792 bits per heavy atom. The predicted molar refractivity (Wildman–Crippen MR) is 85.5 cm³/mol. The average Bonchev–Trinajstić information content (AvgIpc) is 2.53. The first-order valence-electron chi connectivity index (χ1n) is 7.42. The molecule has 4 N–H and O–H groups in total. The van der Waals surface area contributed by atoms with E-state index in [2.05, 4.69) is 11.7 Å². The molecule has 0 aromatic heterocycles. The average molecular weight is 351 g/mol. The fourth-order valence-electron chi connectivity index (χ4n) is 1.53. The van der Waals surface area contributed by atoms with Gasteiger partial charge in [-0.3, -0.25) is 31.0 Å². The van der Waals surface area contributed by atoms with Crippen LogP contribution in [-0.4, -0.2) is 76.0 Å². The molecule has 0 atom stereocenters. The van der Waals surface area contributed by atoms with Crippen LogP contribution in [0.5, 0.6) is 0 Å². The molecule has 0 heterocycles. The summed E-state index contributed by atoms with van der Waals surface area (Å²) in [4.78, 5) is 34.9. The third kappa shape index (κ3) is 18.3. The normalized spacial score (nSPS) is 9.75. The Kier molecular flexibility index (Phi) is 18.0. The Hall–Kier alpha value is -1.75. The summed E-state index contributed by atoms with van der Waals surface area (Å²) in [5.74, 6) is 6.94. The SMILES string of the molecule is COCCOC(=O)CCN(CCOC(C)=O)CCOC(C)=O.NN. The maximum Gasteiger partial charge on any atom is 0.307 e. The van der Waals surface area contributed by atoms with Gasteiger partial charge in [-0.2, -0.15) is 0 Å². The number of nitrogens with two attached hydrogens (primary N) is 2. The number of hydrazine groups is 1. The molecule has 0 aliphatic rings. The van der Waals surface area contributed by atoms with E-state index < -0.39 is 0 Å². The van der Waals surface area contributed by atoms with E-state index >= 15 is 0 Å². The van der Waals surface area contributed by atoms with Crippen LogP contribution < -0.4 is 11.7 Å². The van der Waals surface area contributed by atoms with Crippen molar-refractivity contribution >= 4 is 17.9 Å². The van der Waals surface area contributed by atoms with Gasteiger partial charge in [-0.1, -0.05) is 0 Å². The maximum absolute atomic E-state index is 11.5. The van der Waals surface area contributed by atoms with Crippen molar-refractivity contribution in [2.24, 2.45) is 11.7 Å². The van der Waals surface area contributed by atoms with Gasteiger partial charge in [-0.25, -0.2) is 0 Å². The van der Waals surface area contributed by atoms with Gasteiger partial charge < -0.3 is 18.9 Å². The zero-order chi connectivity index (χ0) is 18.8. The predicted octanol–water partition coefficient (Wildman–Crippen LogP) is -1.19. The summed E-state index contributed by atoms with van der Waals surface area (Å²) in [6.07, 6.45) is 0.198. The third-order valence-corrected chi connectivity index (χ3v) is 2.61. The topological polar surface area (TPSA) is 143 Å². The maximum atomic E-state index is 11.5. The van der Waals surface area contributed by atoms with Gasteiger partial charge in [0.05, 0.1) is 13.0 Å². The molecule has 142 valence electrons. The van der Waals surface area contributed by atoms with Crippen molar-refractivity contribution in [2.75, 3.05) is 53.2 Å². The van der Waals surface area contributed by atoms with Crippen LogP contribution in [-0.2, 0) is 33.3 Å². The molecular formula is C14H29N3O7. The molecule has 10 nitrogen and oxygen atoms in total. The highest BCUT2D eigenvalue weighted by molar-refractivity contribution is 5.69. The van der Waals surface area contributed by atoms with Crippen molar-refractivity contribution in [3.63, 3.8) is 0 Å². The first-order chi connectivity index (χ1) is 11.5. The summed E-state index contributed by atoms with van der Waals surface area (Å²) in [7, 11) is 1.53. The number of carbonyl (C=O) groups excluding carboxylic acids is 3. The van der Waals surface area contributed by atoms with Crippen molar-refractivity contribution in [1.82, 2.24) is 4.90 Å². The highest BCUT2D eigenvalue weighted by Crippen LogP contribution is 1.96. The number of carbonyl (C=O) groups is 3. The Morgan fingerprint density at radius 3 is 1.71 bits per heavy atom. The van der Waals surface area contributed by atoms with Gasteiger partial charge in [-0.05, 0) is 0 Å². The molecule has 10 heteroatoms. The summed E-state index contributed by atoms with van der Waals surface area (Å²) in [6, 6.07) is 0. The highest BCUT2D eigenvalue weighted by atomic mass is 16.6. The van der Waals surface area contributed by atoms with E-state index in [1.165, 1.54) is 21.0 Å². The molecule has 0 unspecified atom stereocenters. The zero-order valence-electron chi connectivity index (χ0n) is 14.6.